The second kappa shape index (κ2) is 5.14. The van der Waals surface area contributed by atoms with Gasteiger partial charge in [-0.2, -0.15) is 0 Å². The van der Waals surface area contributed by atoms with Gasteiger partial charge in [0.2, 0.25) is 0 Å². The zero-order valence-corrected chi connectivity index (χ0v) is 12.3. The Morgan fingerprint density at radius 3 is 2.60 bits per heavy atom. The number of fused-ring (bicyclic) bond motifs is 1. The molecule has 0 N–H and O–H groups in total. The van der Waals surface area contributed by atoms with E-state index < -0.39 is 0 Å². The molecule has 0 spiro atoms. The Balaban J connectivity index is 2.07. The van der Waals surface area contributed by atoms with Gasteiger partial charge in [0, 0.05) is 30.7 Å². The number of aryl methyl sites for hydroxylation is 1. The molecule has 0 aliphatic heterocycles. The zero-order valence-electron chi connectivity index (χ0n) is 12.3. The maximum atomic E-state index is 2.29. The Morgan fingerprint density at radius 2 is 1.90 bits per heavy atom. The number of rotatable bonds is 3. The maximum Gasteiger partial charge on any atom is 0.0481 e. The lowest BCUT2D eigenvalue weighted by molar-refractivity contribution is 0.404. The summed E-state index contributed by atoms with van der Waals surface area (Å²) in [5.74, 6) is 0. The molecule has 0 saturated heterocycles. The van der Waals surface area contributed by atoms with E-state index in [1.54, 1.807) is 0 Å². The van der Waals surface area contributed by atoms with Gasteiger partial charge in [0.05, 0.1) is 0 Å². The lowest BCUT2D eigenvalue weighted by Crippen LogP contribution is -2.10. The summed E-state index contributed by atoms with van der Waals surface area (Å²) in [7, 11) is 6.33. The fraction of sp³-hybridized carbons (Fsp3) is 0.222. The number of nitrogens with zero attached hydrogens (tertiary/aromatic N) is 2. The number of aromatic nitrogens is 1. The van der Waals surface area contributed by atoms with E-state index >= 15 is 0 Å². The van der Waals surface area contributed by atoms with Crippen LogP contribution in [0.1, 0.15) is 11.1 Å². The highest BCUT2D eigenvalue weighted by Crippen LogP contribution is 2.24. The standard InChI is InChI=1S/C18H20N2/c1-19(2)12-16-13-20(3)18-9-8-15(11-17(16)18)10-14-6-4-5-7-14/h4-11,13H,12H2,1-3H3. The zero-order chi connectivity index (χ0) is 14.1. The average Bonchev–Trinajstić information content (AvgIpc) is 2.99. The highest BCUT2D eigenvalue weighted by Gasteiger charge is 2.08. The third-order valence-corrected chi connectivity index (χ3v) is 3.60. The summed E-state index contributed by atoms with van der Waals surface area (Å²) >= 11 is 0. The van der Waals surface area contributed by atoms with Crippen molar-refractivity contribution in [2.45, 2.75) is 6.54 Å². The van der Waals surface area contributed by atoms with Crippen molar-refractivity contribution >= 4 is 17.0 Å². The molecule has 20 heavy (non-hydrogen) atoms. The monoisotopic (exact) mass is 264 g/mol. The van der Waals surface area contributed by atoms with E-state index in [0.717, 1.165) is 6.54 Å². The molecule has 0 amide bonds. The van der Waals surface area contributed by atoms with Crippen LogP contribution in [0.4, 0.5) is 0 Å². The van der Waals surface area contributed by atoms with Crippen molar-refractivity contribution in [3.8, 4) is 0 Å². The summed E-state index contributed by atoms with van der Waals surface area (Å²) in [6, 6.07) is 6.69. The molecule has 2 nitrogen and oxygen atoms in total. The molecule has 0 unspecified atom stereocenters. The molecule has 0 saturated carbocycles. The predicted molar refractivity (Wildman–Crippen MR) is 86.6 cm³/mol. The number of hydrogen-bond donors (Lipinski definition) is 0. The van der Waals surface area contributed by atoms with Crippen LogP contribution in [-0.4, -0.2) is 23.6 Å². The summed E-state index contributed by atoms with van der Waals surface area (Å²) in [6.45, 7) is 0.969. The Hall–Kier alpha value is -2.06. The first kappa shape index (κ1) is 12.9. The third-order valence-electron chi connectivity index (χ3n) is 3.60. The van der Waals surface area contributed by atoms with Crippen molar-refractivity contribution in [1.29, 1.82) is 0 Å². The van der Waals surface area contributed by atoms with Crippen LogP contribution in [0.25, 0.3) is 17.0 Å². The van der Waals surface area contributed by atoms with Crippen molar-refractivity contribution in [1.82, 2.24) is 9.47 Å². The minimum Gasteiger partial charge on any atom is -0.350 e. The van der Waals surface area contributed by atoms with Crippen LogP contribution >= 0.6 is 0 Å². The smallest absolute Gasteiger partial charge is 0.0481 e. The van der Waals surface area contributed by atoms with E-state index in [1.165, 1.54) is 27.6 Å². The molecular formula is C18H20N2. The Morgan fingerprint density at radius 1 is 1.15 bits per heavy atom. The highest BCUT2D eigenvalue weighted by molar-refractivity contribution is 5.86. The largest absolute Gasteiger partial charge is 0.350 e. The molecular weight excluding hydrogens is 244 g/mol. The van der Waals surface area contributed by atoms with Gasteiger partial charge < -0.3 is 9.47 Å². The van der Waals surface area contributed by atoms with E-state index in [2.05, 4.69) is 85.4 Å². The molecule has 3 rings (SSSR count). The predicted octanol–water partition coefficient (Wildman–Crippen LogP) is 3.75. The first-order chi connectivity index (χ1) is 9.63. The summed E-state index contributed by atoms with van der Waals surface area (Å²) in [5, 5.41) is 1.35. The van der Waals surface area contributed by atoms with Crippen molar-refractivity contribution < 1.29 is 0 Å². The lowest BCUT2D eigenvalue weighted by atomic mass is 10.1. The molecule has 1 aliphatic rings. The molecule has 0 fully saturated rings. The topological polar surface area (TPSA) is 8.17 Å². The Bertz CT molecular complexity index is 713. The molecule has 0 radical (unpaired) electrons. The Kier molecular flexibility index (Phi) is 3.33. The Labute approximate surface area is 120 Å². The number of hydrogen-bond acceptors (Lipinski definition) is 1. The van der Waals surface area contributed by atoms with Gasteiger partial charge >= 0.3 is 0 Å². The van der Waals surface area contributed by atoms with Crippen LogP contribution in [0.3, 0.4) is 0 Å². The van der Waals surface area contributed by atoms with E-state index in [0.29, 0.717) is 0 Å². The van der Waals surface area contributed by atoms with Crippen molar-refractivity contribution in [3.63, 3.8) is 0 Å². The second-order valence-electron chi connectivity index (χ2n) is 5.64. The van der Waals surface area contributed by atoms with Crippen LogP contribution in [0.15, 0.2) is 54.3 Å². The highest BCUT2D eigenvalue weighted by atomic mass is 15.1. The quantitative estimate of drug-likeness (QED) is 0.819. The molecule has 1 heterocycles. The fourth-order valence-corrected chi connectivity index (χ4v) is 2.73. The third kappa shape index (κ3) is 2.47. The molecule has 2 heteroatoms. The van der Waals surface area contributed by atoms with E-state index in [4.69, 9.17) is 0 Å². The van der Waals surface area contributed by atoms with Gasteiger partial charge in [0.15, 0.2) is 0 Å². The first-order valence-electron chi connectivity index (χ1n) is 6.92. The van der Waals surface area contributed by atoms with Gasteiger partial charge in [-0.25, -0.2) is 0 Å². The van der Waals surface area contributed by atoms with Gasteiger partial charge in [-0.3, -0.25) is 0 Å². The summed E-state index contributed by atoms with van der Waals surface area (Å²) in [5.41, 5.74) is 5.19. The lowest BCUT2D eigenvalue weighted by Gasteiger charge is -2.08. The van der Waals surface area contributed by atoms with Crippen molar-refractivity contribution in [2.24, 2.45) is 7.05 Å². The van der Waals surface area contributed by atoms with E-state index in [1.807, 2.05) is 0 Å². The van der Waals surface area contributed by atoms with Crippen LogP contribution in [0, 0.1) is 0 Å². The fourth-order valence-electron chi connectivity index (χ4n) is 2.73. The number of benzene rings is 1. The average molecular weight is 264 g/mol. The maximum absolute atomic E-state index is 2.29. The van der Waals surface area contributed by atoms with Crippen LogP contribution < -0.4 is 0 Å². The van der Waals surface area contributed by atoms with E-state index in [-0.39, 0.29) is 0 Å². The molecule has 0 bridgehead atoms. The summed E-state index contributed by atoms with van der Waals surface area (Å²) in [4.78, 5) is 2.21. The van der Waals surface area contributed by atoms with Crippen molar-refractivity contribution in [2.75, 3.05) is 14.1 Å². The van der Waals surface area contributed by atoms with E-state index in [9.17, 15) is 0 Å². The normalized spacial score (nSPS) is 13.9. The molecule has 1 aliphatic carbocycles. The van der Waals surface area contributed by atoms with Gasteiger partial charge in [-0.1, -0.05) is 30.4 Å². The van der Waals surface area contributed by atoms with Gasteiger partial charge in [0.1, 0.15) is 0 Å². The van der Waals surface area contributed by atoms with Crippen molar-refractivity contribution in [3.05, 3.63) is 65.4 Å². The molecule has 1 aromatic heterocycles. The second-order valence-corrected chi connectivity index (χ2v) is 5.64. The van der Waals surface area contributed by atoms with Gasteiger partial charge in [-0.15, -0.1) is 0 Å². The number of allylic oxidation sites excluding steroid dienone is 5. The van der Waals surface area contributed by atoms with Crippen LogP contribution in [0.5, 0.6) is 0 Å². The summed E-state index contributed by atoms with van der Waals surface area (Å²) < 4.78 is 2.21. The SMILES string of the molecule is CN(C)Cc1cn(C)c2ccc(C=C3C=CC=C3)cc12. The minimum atomic E-state index is 0.969. The molecule has 1 aromatic carbocycles. The van der Waals surface area contributed by atoms with Gasteiger partial charge in [0.25, 0.3) is 0 Å². The van der Waals surface area contributed by atoms with Crippen LogP contribution in [-0.2, 0) is 13.6 Å². The van der Waals surface area contributed by atoms with Gasteiger partial charge in [-0.05, 0) is 49.0 Å². The summed E-state index contributed by atoms with van der Waals surface area (Å²) in [6.07, 6.45) is 12.9. The van der Waals surface area contributed by atoms with Crippen LogP contribution in [0.2, 0.25) is 0 Å². The first-order valence-corrected chi connectivity index (χ1v) is 6.92. The minimum absolute atomic E-state index is 0.969. The molecule has 102 valence electrons. The molecule has 0 atom stereocenters. The molecule has 2 aromatic rings.